The van der Waals surface area contributed by atoms with Crippen molar-refractivity contribution in [3.63, 3.8) is 0 Å². The second-order valence-electron chi connectivity index (χ2n) is 5.47. The molecule has 0 bridgehead atoms. The summed E-state index contributed by atoms with van der Waals surface area (Å²) in [6.07, 6.45) is -4.62. The Morgan fingerprint density at radius 2 is 2.07 bits per heavy atom. The number of hydrogen-bond donors (Lipinski definition) is 2. The molecule has 0 spiro atoms. The summed E-state index contributed by atoms with van der Waals surface area (Å²) in [7, 11) is 1.12. The van der Waals surface area contributed by atoms with E-state index < -0.39 is 36.2 Å². The maximum absolute atomic E-state index is 13.9. The van der Waals surface area contributed by atoms with Gasteiger partial charge in [-0.25, -0.2) is 9.18 Å². The second-order valence-corrected chi connectivity index (χ2v) is 5.47. The number of carbonyl (C=O) groups is 2. The van der Waals surface area contributed by atoms with Crippen LogP contribution in [-0.4, -0.2) is 61.5 Å². The number of nitrogens with one attached hydrogen (secondary N) is 1. The number of ether oxygens (including phenoxy) is 2. The lowest BCUT2D eigenvalue weighted by Crippen LogP contribution is -2.31. The van der Waals surface area contributed by atoms with Gasteiger partial charge in [0.1, 0.15) is 5.70 Å². The van der Waals surface area contributed by atoms with Crippen molar-refractivity contribution in [3.05, 3.63) is 35.3 Å². The first-order valence-corrected chi connectivity index (χ1v) is 7.64. The van der Waals surface area contributed by atoms with Gasteiger partial charge in [0.05, 0.1) is 25.8 Å². The van der Waals surface area contributed by atoms with Crippen molar-refractivity contribution in [2.75, 3.05) is 38.7 Å². The fraction of sp³-hybridized carbons (Fsp3) is 0.375. The zero-order valence-corrected chi connectivity index (χ0v) is 14.1. The first-order chi connectivity index (χ1) is 12.7. The molecule has 2 rings (SSSR count). The topological polar surface area (TPSA) is 88.1 Å². The van der Waals surface area contributed by atoms with Gasteiger partial charge in [-0.2, -0.15) is 13.2 Å². The minimum atomic E-state index is -4.62. The Hall–Kier alpha value is -2.82. The number of hydrogen-bond acceptors (Lipinski definition) is 6. The smallest absolute Gasteiger partial charge is 0.422 e. The molecule has 148 valence electrons. The van der Waals surface area contributed by atoms with Crippen LogP contribution >= 0.6 is 0 Å². The SMILES string of the molecule is COC(=O)C1=C(Nc2ccc(OCC(F)(F)F)c(F)c2)C(=O)N(CCO)C1. The molecule has 0 aliphatic carbocycles. The quantitative estimate of drug-likeness (QED) is 0.539. The number of amides is 1. The van der Waals surface area contributed by atoms with Crippen LogP contribution in [0.15, 0.2) is 29.5 Å². The number of aliphatic hydroxyl groups is 1. The summed E-state index contributed by atoms with van der Waals surface area (Å²) >= 11 is 0. The number of esters is 1. The van der Waals surface area contributed by atoms with Gasteiger partial charge >= 0.3 is 12.1 Å². The molecule has 0 aromatic heterocycles. The van der Waals surface area contributed by atoms with Gasteiger partial charge in [0, 0.05) is 18.3 Å². The van der Waals surface area contributed by atoms with Crippen molar-refractivity contribution >= 4 is 17.6 Å². The molecule has 27 heavy (non-hydrogen) atoms. The Kier molecular flexibility index (Phi) is 6.26. The maximum atomic E-state index is 13.9. The molecule has 1 amide bonds. The summed E-state index contributed by atoms with van der Waals surface area (Å²) < 4.78 is 59.4. The number of benzene rings is 1. The lowest BCUT2D eigenvalue weighted by atomic mass is 10.2. The lowest BCUT2D eigenvalue weighted by molar-refractivity contribution is -0.153. The van der Waals surface area contributed by atoms with E-state index in [-0.39, 0.29) is 36.7 Å². The molecule has 0 radical (unpaired) electrons. The molecule has 0 fully saturated rings. The molecule has 1 aliphatic heterocycles. The van der Waals surface area contributed by atoms with Crippen LogP contribution in [0, 0.1) is 5.82 Å². The van der Waals surface area contributed by atoms with Crippen LogP contribution in [0.25, 0.3) is 0 Å². The molecule has 1 aliphatic rings. The summed E-state index contributed by atoms with van der Waals surface area (Å²) in [5.41, 5.74) is -0.171. The first kappa shape index (κ1) is 20.5. The summed E-state index contributed by atoms with van der Waals surface area (Å²) in [6, 6.07) is 2.99. The molecule has 0 saturated heterocycles. The highest BCUT2D eigenvalue weighted by molar-refractivity contribution is 6.08. The van der Waals surface area contributed by atoms with Gasteiger partial charge in [-0.15, -0.1) is 0 Å². The predicted molar refractivity (Wildman–Crippen MR) is 84.3 cm³/mol. The molecule has 0 atom stereocenters. The molecule has 2 N–H and O–H groups in total. The molecular formula is C16H16F4N2O5. The van der Waals surface area contributed by atoms with E-state index in [0.717, 1.165) is 19.2 Å². The number of alkyl halides is 3. The molecule has 7 nitrogen and oxygen atoms in total. The predicted octanol–water partition coefficient (Wildman–Crippen LogP) is 1.44. The van der Waals surface area contributed by atoms with Gasteiger partial charge in [0.2, 0.25) is 0 Å². The fourth-order valence-corrected chi connectivity index (χ4v) is 2.35. The van der Waals surface area contributed by atoms with Gasteiger partial charge in [0.25, 0.3) is 5.91 Å². The Labute approximate surface area is 151 Å². The Balaban J connectivity index is 2.21. The van der Waals surface area contributed by atoms with Crippen LogP contribution < -0.4 is 10.1 Å². The summed E-state index contributed by atoms with van der Waals surface area (Å²) in [5, 5.41) is 11.6. The van der Waals surface area contributed by atoms with E-state index >= 15 is 0 Å². The van der Waals surface area contributed by atoms with Crippen molar-refractivity contribution < 1.29 is 41.7 Å². The van der Waals surface area contributed by atoms with Gasteiger partial charge in [-0.1, -0.05) is 0 Å². The second kappa shape index (κ2) is 8.25. The van der Waals surface area contributed by atoms with Crippen molar-refractivity contribution in [1.29, 1.82) is 0 Å². The lowest BCUT2D eigenvalue weighted by Gasteiger charge is -2.15. The van der Waals surface area contributed by atoms with E-state index in [9.17, 15) is 27.2 Å². The summed E-state index contributed by atoms with van der Waals surface area (Å²) in [4.78, 5) is 25.4. The fourth-order valence-electron chi connectivity index (χ4n) is 2.35. The maximum Gasteiger partial charge on any atom is 0.422 e. The first-order valence-electron chi connectivity index (χ1n) is 7.64. The van der Waals surface area contributed by atoms with Gasteiger partial charge in [0.15, 0.2) is 18.2 Å². The van der Waals surface area contributed by atoms with Crippen LogP contribution in [-0.2, 0) is 14.3 Å². The standard InChI is InChI=1S/C16H16F4N2O5/c1-26-15(25)10-7-22(4-5-23)14(24)13(10)21-9-2-3-12(11(17)6-9)27-8-16(18,19)20/h2-3,6,21,23H,4-5,7-8H2,1H3. The number of β-amino-alcohol motifs (C(OH)–C–C–N with tert-alkyl or cyclic N) is 1. The van der Waals surface area contributed by atoms with Crippen LogP contribution in [0.4, 0.5) is 23.2 Å². The van der Waals surface area contributed by atoms with Gasteiger partial charge in [-0.05, 0) is 12.1 Å². The van der Waals surface area contributed by atoms with Crippen molar-refractivity contribution in [3.8, 4) is 5.75 Å². The van der Waals surface area contributed by atoms with Crippen molar-refractivity contribution in [1.82, 2.24) is 4.90 Å². The number of carbonyl (C=O) groups excluding carboxylic acids is 2. The van der Waals surface area contributed by atoms with E-state index in [1.807, 2.05) is 0 Å². The number of halogens is 4. The van der Waals surface area contributed by atoms with Crippen LogP contribution in [0.3, 0.4) is 0 Å². The third-order valence-electron chi connectivity index (χ3n) is 3.55. The summed E-state index contributed by atoms with van der Waals surface area (Å²) in [5.74, 6) is -3.08. The monoisotopic (exact) mass is 392 g/mol. The molecular weight excluding hydrogens is 376 g/mol. The zero-order chi connectivity index (χ0) is 20.2. The molecule has 11 heteroatoms. The number of anilines is 1. The average Bonchev–Trinajstić information content (AvgIpc) is 2.89. The minimum absolute atomic E-state index is 0.0162. The number of rotatable bonds is 7. The number of methoxy groups -OCH3 is 1. The van der Waals surface area contributed by atoms with Crippen molar-refractivity contribution in [2.24, 2.45) is 0 Å². The Bertz CT molecular complexity index is 764. The molecule has 0 saturated carbocycles. The number of aliphatic hydroxyl groups excluding tert-OH is 1. The minimum Gasteiger partial charge on any atom is -0.481 e. The Morgan fingerprint density at radius 3 is 2.63 bits per heavy atom. The number of nitrogens with zero attached hydrogens (tertiary/aromatic N) is 1. The molecule has 1 aromatic rings. The van der Waals surface area contributed by atoms with Crippen LogP contribution in [0.1, 0.15) is 0 Å². The van der Waals surface area contributed by atoms with Crippen LogP contribution in [0.2, 0.25) is 0 Å². The van der Waals surface area contributed by atoms with E-state index in [2.05, 4.69) is 14.8 Å². The van der Waals surface area contributed by atoms with E-state index in [4.69, 9.17) is 5.11 Å². The highest BCUT2D eigenvalue weighted by atomic mass is 19.4. The zero-order valence-electron chi connectivity index (χ0n) is 14.1. The van der Waals surface area contributed by atoms with E-state index in [1.54, 1.807) is 0 Å². The van der Waals surface area contributed by atoms with Gasteiger partial charge in [-0.3, -0.25) is 4.79 Å². The Morgan fingerprint density at radius 1 is 1.37 bits per heavy atom. The van der Waals surface area contributed by atoms with Crippen LogP contribution in [0.5, 0.6) is 5.75 Å². The molecule has 1 aromatic carbocycles. The highest BCUT2D eigenvalue weighted by Crippen LogP contribution is 2.27. The average molecular weight is 392 g/mol. The van der Waals surface area contributed by atoms with Crippen molar-refractivity contribution in [2.45, 2.75) is 6.18 Å². The highest BCUT2D eigenvalue weighted by Gasteiger charge is 2.34. The molecule has 0 unspecified atom stereocenters. The third kappa shape index (κ3) is 5.09. The van der Waals surface area contributed by atoms with E-state index in [0.29, 0.717) is 0 Å². The van der Waals surface area contributed by atoms with E-state index in [1.165, 1.54) is 11.0 Å². The normalized spacial score (nSPS) is 14.6. The van der Waals surface area contributed by atoms with Gasteiger partial charge < -0.3 is 24.8 Å². The largest absolute Gasteiger partial charge is 0.481 e. The third-order valence-corrected chi connectivity index (χ3v) is 3.55. The molecule has 1 heterocycles. The summed E-state index contributed by atoms with van der Waals surface area (Å²) in [6.45, 7) is -2.11.